The summed E-state index contributed by atoms with van der Waals surface area (Å²) in [6.45, 7) is 0. The maximum Gasteiger partial charge on any atom is 0.339 e. The summed E-state index contributed by atoms with van der Waals surface area (Å²) in [5.74, 6) is -0.458. The molecule has 3 rings (SSSR count). The highest BCUT2D eigenvalue weighted by Gasteiger charge is 2.56. The largest absolute Gasteiger partial charge is 0.493 e. The van der Waals surface area contributed by atoms with Crippen LogP contribution in [0, 0.1) is 5.41 Å². The molecule has 0 atom stereocenters. The minimum atomic E-state index is -1.18. The number of carbonyl (C=O) groups excluding carboxylic acids is 3. The molecule has 8 heteroatoms. The first kappa shape index (κ1) is 20.2. The molecule has 1 aliphatic carbocycles. The second kappa shape index (κ2) is 8.22. The topological polar surface area (TPSA) is 103 Å². The Bertz CT molecular complexity index is 952. The molecule has 8 nitrogen and oxygen atoms in total. The van der Waals surface area contributed by atoms with Gasteiger partial charge in [-0.05, 0) is 37.1 Å². The van der Waals surface area contributed by atoms with E-state index in [-0.39, 0.29) is 5.56 Å². The highest BCUT2D eigenvalue weighted by atomic mass is 16.5. The van der Waals surface area contributed by atoms with Crippen LogP contribution in [0.15, 0.2) is 42.5 Å². The fraction of sp³-hybridized carbons (Fsp3) is 0.286. The predicted molar refractivity (Wildman–Crippen MR) is 106 cm³/mol. The Morgan fingerprint density at radius 2 is 1.52 bits per heavy atom. The molecular weight excluding hydrogens is 376 g/mol. The van der Waals surface area contributed by atoms with E-state index in [2.05, 4.69) is 10.6 Å². The van der Waals surface area contributed by atoms with Gasteiger partial charge in [-0.2, -0.15) is 0 Å². The van der Waals surface area contributed by atoms with Crippen LogP contribution < -0.4 is 20.1 Å². The summed E-state index contributed by atoms with van der Waals surface area (Å²) in [6, 6.07) is 11.4. The van der Waals surface area contributed by atoms with Crippen LogP contribution in [0.1, 0.15) is 23.2 Å². The summed E-state index contributed by atoms with van der Waals surface area (Å²) >= 11 is 0. The fourth-order valence-corrected chi connectivity index (χ4v) is 2.97. The molecule has 1 fully saturated rings. The van der Waals surface area contributed by atoms with Crippen LogP contribution in [-0.2, 0) is 14.3 Å². The minimum absolute atomic E-state index is 0.222. The van der Waals surface area contributed by atoms with E-state index in [9.17, 15) is 14.4 Å². The summed E-state index contributed by atoms with van der Waals surface area (Å²) in [5.41, 5.74) is -0.174. The van der Waals surface area contributed by atoms with E-state index in [0.29, 0.717) is 35.7 Å². The zero-order valence-electron chi connectivity index (χ0n) is 16.4. The molecule has 0 heterocycles. The standard InChI is InChI=1S/C21H22N2O6/c1-27-16-9-8-13(12-17(16)28-2)22-19(25)21(10-11-21)20(26)23-15-7-5-4-6-14(15)18(24)29-3/h4-9,12H,10-11H2,1-3H3,(H,22,25)(H,23,26). The third-order valence-electron chi connectivity index (χ3n) is 4.84. The van der Waals surface area contributed by atoms with Crippen LogP contribution in [0.3, 0.4) is 0 Å². The van der Waals surface area contributed by atoms with Gasteiger partial charge in [0.15, 0.2) is 11.5 Å². The van der Waals surface area contributed by atoms with E-state index >= 15 is 0 Å². The number of rotatable bonds is 7. The van der Waals surface area contributed by atoms with Crippen molar-refractivity contribution in [3.63, 3.8) is 0 Å². The van der Waals surface area contributed by atoms with Crippen molar-refractivity contribution in [2.24, 2.45) is 5.41 Å². The predicted octanol–water partition coefficient (Wildman–Crippen LogP) is 2.85. The lowest BCUT2D eigenvalue weighted by Crippen LogP contribution is -2.36. The van der Waals surface area contributed by atoms with E-state index in [1.165, 1.54) is 21.3 Å². The number of ether oxygens (including phenoxy) is 3. The second-order valence-electron chi connectivity index (χ2n) is 6.60. The second-order valence-corrected chi connectivity index (χ2v) is 6.60. The third kappa shape index (κ3) is 4.01. The van der Waals surface area contributed by atoms with Crippen LogP contribution >= 0.6 is 0 Å². The van der Waals surface area contributed by atoms with Gasteiger partial charge in [-0.1, -0.05) is 12.1 Å². The number of anilines is 2. The molecule has 0 unspecified atom stereocenters. The van der Waals surface area contributed by atoms with Gasteiger partial charge in [0.2, 0.25) is 11.8 Å². The van der Waals surface area contributed by atoms with Gasteiger partial charge < -0.3 is 24.8 Å². The van der Waals surface area contributed by atoms with E-state index in [4.69, 9.17) is 14.2 Å². The molecular formula is C21H22N2O6. The summed E-state index contributed by atoms with van der Waals surface area (Å²) in [5, 5.41) is 5.45. The van der Waals surface area contributed by atoms with Crippen molar-refractivity contribution >= 4 is 29.2 Å². The molecule has 2 N–H and O–H groups in total. The molecule has 0 bridgehead atoms. The van der Waals surface area contributed by atoms with Crippen molar-refractivity contribution in [2.75, 3.05) is 32.0 Å². The molecule has 0 aromatic heterocycles. The van der Waals surface area contributed by atoms with Crippen molar-refractivity contribution in [1.29, 1.82) is 0 Å². The van der Waals surface area contributed by atoms with Gasteiger partial charge in [-0.25, -0.2) is 4.79 Å². The Labute approximate surface area is 168 Å². The van der Waals surface area contributed by atoms with Crippen molar-refractivity contribution < 1.29 is 28.6 Å². The first-order valence-corrected chi connectivity index (χ1v) is 8.97. The van der Waals surface area contributed by atoms with Crippen molar-refractivity contribution in [3.8, 4) is 11.5 Å². The van der Waals surface area contributed by atoms with Gasteiger partial charge in [0.1, 0.15) is 5.41 Å². The lowest BCUT2D eigenvalue weighted by atomic mass is 10.0. The molecule has 2 aromatic carbocycles. The van der Waals surface area contributed by atoms with E-state index in [1.807, 2.05) is 0 Å². The Hall–Kier alpha value is -3.55. The number of carbonyl (C=O) groups is 3. The maximum absolute atomic E-state index is 12.8. The number of benzene rings is 2. The Morgan fingerprint density at radius 3 is 2.14 bits per heavy atom. The molecule has 0 aliphatic heterocycles. The van der Waals surface area contributed by atoms with Crippen LogP contribution in [-0.4, -0.2) is 39.1 Å². The third-order valence-corrected chi connectivity index (χ3v) is 4.84. The van der Waals surface area contributed by atoms with Crippen molar-refractivity contribution in [3.05, 3.63) is 48.0 Å². The highest BCUT2D eigenvalue weighted by Crippen LogP contribution is 2.48. The van der Waals surface area contributed by atoms with Gasteiger partial charge in [0.05, 0.1) is 32.6 Å². The van der Waals surface area contributed by atoms with Gasteiger partial charge >= 0.3 is 5.97 Å². The fourth-order valence-electron chi connectivity index (χ4n) is 2.97. The molecule has 152 valence electrons. The SMILES string of the molecule is COC(=O)c1ccccc1NC(=O)C1(C(=O)Nc2ccc(OC)c(OC)c2)CC1. The molecule has 2 amide bonds. The zero-order valence-corrected chi connectivity index (χ0v) is 16.4. The molecule has 29 heavy (non-hydrogen) atoms. The minimum Gasteiger partial charge on any atom is -0.493 e. The average Bonchev–Trinajstić information content (AvgIpc) is 3.55. The Morgan fingerprint density at radius 1 is 0.862 bits per heavy atom. The van der Waals surface area contributed by atoms with Crippen LogP contribution in [0.5, 0.6) is 11.5 Å². The monoisotopic (exact) mass is 398 g/mol. The number of esters is 1. The first-order chi connectivity index (χ1) is 13.9. The number of hydrogen-bond donors (Lipinski definition) is 2. The van der Waals surface area contributed by atoms with Gasteiger partial charge in [-0.3, -0.25) is 9.59 Å². The van der Waals surface area contributed by atoms with Gasteiger partial charge in [0.25, 0.3) is 0 Å². The highest BCUT2D eigenvalue weighted by molar-refractivity contribution is 6.17. The smallest absolute Gasteiger partial charge is 0.339 e. The summed E-state index contributed by atoms with van der Waals surface area (Å²) in [7, 11) is 4.28. The van der Waals surface area contributed by atoms with Crippen molar-refractivity contribution in [2.45, 2.75) is 12.8 Å². The zero-order chi connectivity index (χ0) is 21.0. The molecule has 0 spiro atoms. The first-order valence-electron chi connectivity index (χ1n) is 8.97. The van der Waals surface area contributed by atoms with Gasteiger partial charge in [-0.15, -0.1) is 0 Å². The lowest BCUT2D eigenvalue weighted by molar-refractivity contribution is -0.131. The summed E-state index contributed by atoms with van der Waals surface area (Å²) < 4.78 is 15.1. The molecule has 0 radical (unpaired) electrons. The van der Waals surface area contributed by atoms with Crippen LogP contribution in [0.4, 0.5) is 11.4 Å². The summed E-state index contributed by atoms with van der Waals surface area (Å²) in [4.78, 5) is 37.6. The average molecular weight is 398 g/mol. The Balaban J connectivity index is 1.75. The van der Waals surface area contributed by atoms with Crippen LogP contribution in [0.25, 0.3) is 0 Å². The van der Waals surface area contributed by atoms with E-state index < -0.39 is 23.2 Å². The number of methoxy groups -OCH3 is 3. The van der Waals surface area contributed by atoms with Crippen molar-refractivity contribution in [1.82, 2.24) is 0 Å². The van der Waals surface area contributed by atoms with E-state index in [1.54, 1.807) is 42.5 Å². The molecule has 0 saturated heterocycles. The van der Waals surface area contributed by atoms with Crippen LogP contribution in [0.2, 0.25) is 0 Å². The van der Waals surface area contributed by atoms with E-state index in [0.717, 1.165) is 0 Å². The molecule has 1 saturated carbocycles. The number of hydrogen-bond acceptors (Lipinski definition) is 6. The quantitative estimate of drug-likeness (QED) is 0.549. The number of amides is 2. The number of para-hydroxylation sites is 1. The normalized spacial score (nSPS) is 13.8. The molecule has 1 aliphatic rings. The van der Waals surface area contributed by atoms with Gasteiger partial charge in [0, 0.05) is 11.8 Å². The lowest BCUT2D eigenvalue weighted by Gasteiger charge is -2.17. The molecule has 2 aromatic rings. The Kier molecular flexibility index (Phi) is 5.72. The summed E-state index contributed by atoms with van der Waals surface area (Å²) in [6.07, 6.45) is 0.830. The maximum atomic E-state index is 12.8. The number of nitrogens with one attached hydrogen (secondary N) is 2.